The predicted molar refractivity (Wildman–Crippen MR) is 86.9 cm³/mol. The van der Waals surface area contributed by atoms with Crippen molar-refractivity contribution in [2.45, 2.75) is 84.5 Å². The third-order valence-corrected chi connectivity index (χ3v) is 4.83. The molecule has 1 saturated carbocycles. The van der Waals surface area contributed by atoms with Gasteiger partial charge in [-0.15, -0.1) is 0 Å². The second kappa shape index (κ2) is 8.96. The van der Waals surface area contributed by atoms with Crippen LogP contribution in [0.4, 0.5) is 0 Å². The number of carboxylic acids is 2. The lowest BCUT2D eigenvalue weighted by molar-refractivity contribution is -0.151. The molecule has 4 heteroatoms. The van der Waals surface area contributed by atoms with Crippen LogP contribution in [0.3, 0.4) is 0 Å². The Kier molecular flexibility index (Phi) is 7.63. The quantitative estimate of drug-likeness (QED) is 0.449. The van der Waals surface area contributed by atoms with Crippen LogP contribution in [0, 0.1) is 5.41 Å². The molecular formula is C18H30O4. The van der Waals surface area contributed by atoms with Crippen LogP contribution in [-0.2, 0) is 9.59 Å². The second-order valence-corrected chi connectivity index (χ2v) is 6.44. The minimum Gasteiger partial charge on any atom is -0.481 e. The SMILES string of the molecule is CCCCCC(CCCC)(C(=O)O)C(C(=O)O)=C1CCCC1. The van der Waals surface area contributed by atoms with Gasteiger partial charge < -0.3 is 10.2 Å². The number of carboxylic acid groups (broad SMARTS) is 2. The zero-order valence-corrected chi connectivity index (χ0v) is 14.0. The van der Waals surface area contributed by atoms with Gasteiger partial charge in [0.05, 0.1) is 11.0 Å². The van der Waals surface area contributed by atoms with Gasteiger partial charge >= 0.3 is 11.9 Å². The van der Waals surface area contributed by atoms with Gasteiger partial charge in [0.2, 0.25) is 0 Å². The Hall–Kier alpha value is -1.32. The highest BCUT2D eigenvalue weighted by Gasteiger charge is 2.45. The van der Waals surface area contributed by atoms with Crippen molar-refractivity contribution in [1.29, 1.82) is 0 Å². The Morgan fingerprint density at radius 2 is 1.50 bits per heavy atom. The molecule has 0 aliphatic heterocycles. The fraction of sp³-hybridized carbons (Fsp3) is 0.778. The molecule has 0 radical (unpaired) electrons. The van der Waals surface area contributed by atoms with Crippen molar-refractivity contribution in [2.24, 2.45) is 5.41 Å². The average molecular weight is 310 g/mol. The molecule has 0 aromatic rings. The Morgan fingerprint density at radius 1 is 0.955 bits per heavy atom. The number of allylic oxidation sites excluding steroid dienone is 1. The van der Waals surface area contributed by atoms with Crippen LogP contribution in [0.15, 0.2) is 11.1 Å². The zero-order valence-electron chi connectivity index (χ0n) is 14.0. The molecule has 1 unspecified atom stereocenters. The predicted octanol–water partition coefficient (Wildman–Crippen LogP) is 4.78. The van der Waals surface area contributed by atoms with E-state index in [4.69, 9.17) is 0 Å². The monoisotopic (exact) mass is 310 g/mol. The van der Waals surface area contributed by atoms with Gasteiger partial charge in [-0.1, -0.05) is 51.5 Å². The fourth-order valence-corrected chi connectivity index (χ4v) is 3.60. The van der Waals surface area contributed by atoms with Gasteiger partial charge in [0.25, 0.3) is 0 Å². The lowest BCUT2D eigenvalue weighted by Gasteiger charge is -2.32. The molecule has 126 valence electrons. The first-order chi connectivity index (χ1) is 10.5. The van der Waals surface area contributed by atoms with E-state index in [1.165, 1.54) is 0 Å². The molecule has 1 atom stereocenters. The van der Waals surface area contributed by atoms with Crippen LogP contribution in [0.1, 0.15) is 84.5 Å². The number of hydrogen-bond acceptors (Lipinski definition) is 2. The van der Waals surface area contributed by atoms with Gasteiger partial charge in [0, 0.05) is 0 Å². The number of aliphatic carboxylic acids is 2. The van der Waals surface area contributed by atoms with E-state index in [-0.39, 0.29) is 5.57 Å². The van der Waals surface area contributed by atoms with E-state index in [0.29, 0.717) is 12.8 Å². The maximum absolute atomic E-state index is 12.1. The van der Waals surface area contributed by atoms with Crippen LogP contribution < -0.4 is 0 Å². The van der Waals surface area contributed by atoms with E-state index in [2.05, 4.69) is 6.92 Å². The number of rotatable bonds is 10. The summed E-state index contributed by atoms with van der Waals surface area (Å²) >= 11 is 0. The Bertz CT molecular complexity index is 417. The maximum Gasteiger partial charge on any atom is 0.332 e. The number of hydrogen-bond donors (Lipinski definition) is 2. The zero-order chi connectivity index (χ0) is 16.6. The van der Waals surface area contributed by atoms with Crippen molar-refractivity contribution in [2.75, 3.05) is 0 Å². The second-order valence-electron chi connectivity index (χ2n) is 6.44. The van der Waals surface area contributed by atoms with E-state index in [1.807, 2.05) is 6.92 Å². The Morgan fingerprint density at radius 3 is 1.95 bits per heavy atom. The van der Waals surface area contributed by atoms with Gasteiger partial charge in [0.15, 0.2) is 0 Å². The van der Waals surface area contributed by atoms with Gasteiger partial charge in [0.1, 0.15) is 0 Å². The van der Waals surface area contributed by atoms with Crippen LogP contribution in [0.5, 0.6) is 0 Å². The summed E-state index contributed by atoms with van der Waals surface area (Å²) < 4.78 is 0. The summed E-state index contributed by atoms with van der Waals surface area (Å²) in [5, 5.41) is 19.7. The maximum atomic E-state index is 12.1. The first-order valence-corrected chi connectivity index (χ1v) is 8.68. The van der Waals surface area contributed by atoms with Gasteiger partial charge in [-0.25, -0.2) is 4.79 Å². The van der Waals surface area contributed by atoms with Crippen molar-refractivity contribution < 1.29 is 19.8 Å². The molecule has 0 saturated heterocycles. The highest BCUT2D eigenvalue weighted by Crippen LogP contribution is 2.44. The molecule has 2 N–H and O–H groups in total. The number of unbranched alkanes of at least 4 members (excludes halogenated alkanes) is 3. The first kappa shape index (κ1) is 18.7. The third kappa shape index (κ3) is 4.34. The summed E-state index contributed by atoms with van der Waals surface area (Å²) in [4.78, 5) is 24.0. The van der Waals surface area contributed by atoms with E-state index < -0.39 is 17.4 Å². The smallest absolute Gasteiger partial charge is 0.332 e. The van der Waals surface area contributed by atoms with Gasteiger partial charge in [-0.2, -0.15) is 0 Å². The molecule has 0 spiro atoms. The molecule has 1 aliphatic carbocycles. The van der Waals surface area contributed by atoms with Crippen LogP contribution >= 0.6 is 0 Å². The molecule has 0 bridgehead atoms. The molecule has 22 heavy (non-hydrogen) atoms. The van der Waals surface area contributed by atoms with Crippen molar-refractivity contribution in [3.63, 3.8) is 0 Å². The van der Waals surface area contributed by atoms with Gasteiger partial charge in [-0.05, 0) is 38.5 Å². The Balaban J connectivity index is 3.26. The molecule has 1 aliphatic rings. The summed E-state index contributed by atoms with van der Waals surface area (Å²) in [5.74, 6) is -1.97. The lowest BCUT2D eigenvalue weighted by atomic mass is 9.70. The van der Waals surface area contributed by atoms with Crippen LogP contribution in [0.25, 0.3) is 0 Å². The largest absolute Gasteiger partial charge is 0.481 e. The minimum absolute atomic E-state index is 0.210. The van der Waals surface area contributed by atoms with E-state index in [0.717, 1.165) is 63.4 Å². The molecule has 0 aromatic heterocycles. The first-order valence-electron chi connectivity index (χ1n) is 8.68. The van der Waals surface area contributed by atoms with E-state index in [9.17, 15) is 19.8 Å². The molecule has 0 amide bonds. The Labute approximate surface area is 133 Å². The highest BCUT2D eigenvalue weighted by molar-refractivity contribution is 5.97. The van der Waals surface area contributed by atoms with Gasteiger partial charge in [-0.3, -0.25) is 4.79 Å². The summed E-state index contributed by atoms with van der Waals surface area (Å²) in [6.45, 7) is 4.09. The molecular weight excluding hydrogens is 280 g/mol. The minimum atomic E-state index is -1.20. The normalized spacial score (nSPS) is 17.3. The third-order valence-electron chi connectivity index (χ3n) is 4.83. The van der Waals surface area contributed by atoms with Crippen molar-refractivity contribution in [1.82, 2.24) is 0 Å². The van der Waals surface area contributed by atoms with Crippen molar-refractivity contribution >= 4 is 11.9 Å². The average Bonchev–Trinajstić information content (AvgIpc) is 2.97. The molecule has 0 heterocycles. The van der Waals surface area contributed by atoms with Crippen molar-refractivity contribution in [3.8, 4) is 0 Å². The van der Waals surface area contributed by atoms with Crippen LogP contribution in [-0.4, -0.2) is 22.2 Å². The fourth-order valence-electron chi connectivity index (χ4n) is 3.60. The summed E-state index contributed by atoms with van der Waals surface area (Å²) in [6, 6.07) is 0. The highest BCUT2D eigenvalue weighted by atomic mass is 16.4. The number of carbonyl (C=O) groups is 2. The van der Waals surface area contributed by atoms with E-state index >= 15 is 0 Å². The molecule has 0 aromatic carbocycles. The van der Waals surface area contributed by atoms with E-state index in [1.54, 1.807) is 0 Å². The summed E-state index contributed by atoms with van der Waals surface area (Å²) in [5.41, 5.74) is -0.110. The molecule has 1 fully saturated rings. The summed E-state index contributed by atoms with van der Waals surface area (Å²) in [6.07, 6.45) is 8.69. The molecule has 1 rings (SSSR count). The standard InChI is InChI=1S/C18H30O4/c1-3-5-9-13-18(17(21)22,12-6-4-2)15(16(19)20)14-10-7-8-11-14/h3-13H2,1-2H3,(H,19,20)(H,21,22). The lowest BCUT2D eigenvalue weighted by Crippen LogP contribution is -2.37. The summed E-state index contributed by atoms with van der Waals surface area (Å²) in [7, 11) is 0. The topological polar surface area (TPSA) is 74.6 Å². The molecule has 4 nitrogen and oxygen atoms in total. The van der Waals surface area contributed by atoms with Crippen LogP contribution in [0.2, 0.25) is 0 Å². The van der Waals surface area contributed by atoms with Crippen molar-refractivity contribution in [3.05, 3.63) is 11.1 Å².